The molecule has 1 amide bonds. The zero-order valence-corrected chi connectivity index (χ0v) is 20.0. The summed E-state index contributed by atoms with van der Waals surface area (Å²) >= 11 is 9.51. The number of hydrogen-bond donors (Lipinski definition) is 1. The minimum atomic E-state index is -0.458. The van der Waals surface area contributed by atoms with Crippen LogP contribution in [0.1, 0.15) is 27.0 Å². The number of ether oxygens (including phenoxy) is 2. The van der Waals surface area contributed by atoms with Crippen LogP contribution in [0.2, 0.25) is 5.02 Å². The van der Waals surface area contributed by atoms with E-state index in [0.29, 0.717) is 37.7 Å². The third-order valence-corrected chi connectivity index (χ3v) is 5.57. The van der Waals surface area contributed by atoms with Gasteiger partial charge in [0, 0.05) is 22.7 Å². The van der Waals surface area contributed by atoms with Crippen molar-refractivity contribution < 1.29 is 19.2 Å². The zero-order valence-electron chi connectivity index (χ0n) is 17.7. The van der Waals surface area contributed by atoms with Crippen LogP contribution < -0.4 is 14.9 Å². The molecule has 0 aliphatic carbocycles. The number of carbonyl (C=O) groups is 1. The fourth-order valence-electron chi connectivity index (χ4n) is 2.83. The molecule has 0 heterocycles. The van der Waals surface area contributed by atoms with E-state index in [1.807, 2.05) is 6.92 Å². The number of benzene rings is 3. The van der Waals surface area contributed by atoms with Crippen LogP contribution in [0, 0.1) is 17.0 Å². The van der Waals surface area contributed by atoms with Gasteiger partial charge in [0.05, 0.1) is 22.7 Å². The fraction of sp³-hybridized carbons (Fsp3) is 0.130. The minimum absolute atomic E-state index is 0.0105. The van der Waals surface area contributed by atoms with Crippen LogP contribution in [0.4, 0.5) is 5.69 Å². The molecular formula is C23H19BrClN3O5. The van der Waals surface area contributed by atoms with E-state index in [9.17, 15) is 14.9 Å². The molecule has 8 nitrogen and oxygen atoms in total. The normalized spacial score (nSPS) is 10.8. The summed E-state index contributed by atoms with van der Waals surface area (Å²) < 4.78 is 11.8. The smallest absolute Gasteiger partial charge is 0.271 e. The molecule has 1 N–H and O–H groups in total. The summed E-state index contributed by atoms with van der Waals surface area (Å²) in [6.45, 7) is 1.96. The highest BCUT2D eigenvalue weighted by Crippen LogP contribution is 2.37. The molecule has 0 atom stereocenters. The quantitative estimate of drug-likeness (QED) is 0.229. The Bertz CT molecular complexity index is 1230. The number of methoxy groups -OCH3 is 1. The maximum absolute atomic E-state index is 12.2. The highest BCUT2D eigenvalue weighted by Gasteiger charge is 2.13. The highest BCUT2D eigenvalue weighted by molar-refractivity contribution is 9.10. The van der Waals surface area contributed by atoms with Crippen LogP contribution in [0.3, 0.4) is 0 Å². The molecule has 0 saturated heterocycles. The number of carbonyl (C=O) groups excluding carboxylic acids is 1. The molecule has 0 aliphatic rings. The SMILES string of the molecule is COc1cc(/C=N\NC(=O)c2ccc(C)c(Cl)c2)cc(Br)c1OCc1cccc([N+](=O)[O-])c1. The third kappa shape index (κ3) is 6.30. The number of nitrogens with one attached hydrogen (secondary N) is 1. The molecule has 0 radical (unpaired) electrons. The number of halogens is 2. The maximum atomic E-state index is 12.2. The molecule has 33 heavy (non-hydrogen) atoms. The Morgan fingerprint density at radius 1 is 1.24 bits per heavy atom. The number of non-ortho nitro benzene ring substituents is 1. The predicted octanol–water partition coefficient (Wildman–Crippen LogP) is 5.67. The van der Waals surface area contributed by atoms with Gasteiger partial charge in [-0.05, 0) is 63.8 Å². The second-order valence-electron chi connectivity index (χ2n) is 6.91. The number of nitro benzene ring substituents is 1. The van der Waals surface area contributed by atoms with Crippen molar-refractivity contribution in [1.29, 1.82) is 0 Å². The van der Waals surface area contributed by atoms with Crippen molar-refractivity contribution in [2.45, 2.75) is 13.5 Å². The van der Waals surface area contributed by atoms with E-state index < -0.39 is 10.8 Å². The zero-order chi connectivity index (χ0) is 24.0. The summed E-state index contributed by atoms with van der Waals surface area (Å²) in [6.07, 6.45) is 1.46. The first-order valence-electron chi connectivity index (χ1n) is 9.61. The molecular weight excluding hydrogens is 514 g/mol. The molecule has 0 spiro atoms. The summed E-state index contributed by atoms with van der Waals surface area (Å²) in [7, 11) is 1.49. The van der Waals surface area contributed by atoms with Crippen molar-refractivity contribution >= 4 is 45.3 Å². The van der Waals surface area contributed by atoms with Crippen molar-refractivity contribution in [2.24, 2.45) is 5.10 Å². The third-order valence-electron chi connectivity index (χ3n) is 4.57. The van der Waals surface area contributed by atoms with E-state index in [2.05, 4.69) is 26.5 Å². The van der Waals surface area contributed by atoms with Gasteiger partial charge in [-0.1, -0.05) is 29.8 Å². The standard InChI is InChI=1S/C23H19BrClN3O5/c1-14-6-7-17(11-20(14)25)23(29)27-26-12-16-9-19(24)22(21(10-16)32-2)33-13-15-4-3-5-18(8-15)28(30)31/h3-12H,13H2,1-2H3,(H,27,29)/b26-12-. The first-order valence-corrected chi connectivity index (χ1v) is 10.8. The largest absolute Gasteiger partial charge is 0.493 e. The predicted molar refractivity (Wildman–Crippen MR) is 129 cm³/mol. The summed E-state index contributed by atoms with van der Waals surface area (Å²) in [4.78, 5) is 22.7. The molecule has 0 saturated carbocycles. The van der Waals surface area contributed by atoms with Crippen LogP contribution in [-0.4, -0.2) is 24.2 Å². The van der Waals surface area contributed by atoms with Crippen LogP contribution in [0.5, 0.6) is 11.5 Å². The summed E-state index contributed by atoms with van der Waals surface area (Å²) in [5.41, 5.74) is 5.00. The second-order valence-corrected chi connectivity index (χ2v) is 8.17. The van der Waals surface area contributed by atoms with Crippen molar-refractivity contribution in [3.05, 3.63) is 96.5 Å². The van der Waals surface area contributed by atoms with E-state index in [4.69, 9.17) is 21.1 Å². The van der Waals surface area contributed by atoms with Gasteiger partial charge >= 0.3 is 0 Å². The van der Waals surface area contributed by atoms with Gasteiger partial charge in [-0.3, -0.25) is 14.9 Å². The Labute approximate surface area is 203 Å². The average molecular weight is 533 g/mol. The van der Waals surface area contributed by atoms with Gasteiger partial charge in [0.2, 0.25) is 0 Å². The van der Waals surface area contributed by atoms with Crippen molar-refractivity contribution in [3.63, 3.8) is 0 Å². The number of nitro groups is 1. The lowest BCUT2D eigenvalue weighted by Gasteiger charge is -2.13. The van der Waals surface area contributed by atoms with E-state index in [1.165, 1.54) is 25.5 Å². The van der Waals surface area contributed by atoms with Crippen LogP contribution in [-0.2, 0) is 6.61 Å². The lowest BCUT2D eigenvalue weighted by Crippen LogP contribution is -2.17. The molecule has 0 fully saturated rings. The molecule has 3 rings (SSSR count). The number of nitrogens with zero attached hydrogens (tertiary/aromatic N) is 2. The number of hydrogen-bond acceptors (Lipinski definition) is 6. The van der Waals surface area contributed by atoms with Crippen LogP contribution >= 0.6 is 27.5 Å². The summed E-state index contributed by atoms with van der Waals surface area (Å²) in [6, 6.07) is 14.6. The first-order chi connectivity index (χ1) is 15.8. The Hall–Kier alpha value is -3.43. The molecule has 3 aromatic carbocycles. The van der Waals surface area contributed by atoms with Gasteiger partial charge < -0.3 is 9.47 Å². The maximum Gasteiger partial charge on any atom is 0.271 e. The van der Waals surface area contributed by atoms with E-state index in [-0.39, 0.29) is 12.3 Å². The van der Waals surface area contributed by atoms with Crippen LogP contribution in [0.15, 0.2) is 64.2 Å². The van der Waals surface area contributed by atoms with Crippen molar-refractivity contribution in [1.82, 2.24) is 5.43 Å². The number of rotatable bonds is 8. The topological polar surface area (TPSA) is 103 Å². The minimum Gasteiger partial charge on any atom is -0.493 e. The van der Waals surface area contributed by atoms with Gasteiger partial charge in [-0.2, -0.15) is 5.10 Å². The van der Waals surface area contributed by atoms with Gasteiger partial charge in [-0.25, -0.2) is 5.43 Å². The molecule has 170 valence electrons. The van der Waals surface area contributed by atoms with E-state index in [0.717, 1.165) is 5.56 Å². The van der Waals surface area contributed by atoms with Crippen LogP contribution in [0.25, 0.3) is 0 Å². The lowest BCUT2D eigenvalue weighted by atomic mass is 10.1. The second kappa shape index (κ2) is 10.9. The fourth-order valence-corrected chi connectivity index (χ4v) is 3.59. The molecule has 0 unspecified atom stereocenters. The van der Waals surface area contributed by atoms with Gasteiger partial charge in [0.1, 0.15) is 6.61 Å². The number of aryl methyl sites for hydroxylation is 1. The summed E-state index contributed by atoms with van der Waals surface area (Å²) in [5.74, 6) is 0.462. The molecule has 0 aliphatic heterocycles. The Morgan fingerprint density at radius 3 is 2.73 bits per heavy atom. The monoisotopic (exact) mass is 531 g/mol. The van der Waals surface area contributed by atoms with E-state index in [1.54, 1.807) is 42.5 Å². The highest BCUT2D eigenvalue weighted by atomic mass is 79.9. The Kier molecular flexibility index (Phi) is 8.02. The molecule has 0 aromatic heterocycles. The van der Waals surface area contributed by atoms with Gasteiger partial charge in [-0.15, -0.1) is 0 Å². The molecule has 3 aromatic rings. The van der Waals surface area contributed by atoms with Crippen molar-refractivity contribution in [2.75, 3.05) is 7.11 Å². The molecule has 0 bridgehead atoms. The molecule has 10 heteroatoms. The van der Waals surface area contributed by atoms with Crippen molar-refractivity contribution in [3.8, 4) is 11.5 Å². The average Bonchev–Trinajstić information content (AvgIpc) is 2.79. The summed E-state index contributed by atoms with van der Waals surface area (Å²) in [5, 5.41) is 15.4. The number of amides is 1. The van der Waals surface area contributed by atoms with Gasteiger partial charge in [0.25, 0.3) is 11.6 Å². The lowest BCUT2D eigenvalue weighted by molar-refractivity contribution is -0.384. The number of hydrazone groups is 1. The Balaban J connectivity index is 1.70. The van der Waals surface area contributed by atoms with E-state index >= 15 is 0 Å². The first kappa shape index (κ1) is 24.2. The van der Waals surface area contributed by atoms with Gasteiger partial charge in [0.15, 0.2) is 11.5 Å². The Morgan fingerprint density at radius 2 is 2.03 bits per heavy atom.